The number of aryl methyl sites for hydroxylation is 3. The highest BCUT2D eigenvalue weighted by molar-refractivity contribution is 5.62. The number of benzene rings is 1. The van der Waals surface area contributed by atoms with Crippen molar-refractivity contribution >= 4 is 0 Å². The topological polar surface area (TPSA) is 51.8 Å². The van der Waals surface area contributed by atoms with Crippen molar-refractivity contribution < 1.29 is 0 Å². The fourth-order valence-electron chi connectivity index (χ4n) is 1.98. The van der Waals surface area contributed by atoms with E-state index >= 15 is 0 Å². The number of hydrogen-bond acceptors (Lipinski definition) is 3. The van der Waals surface area contributed by atoms with Crippen molar-refractivity contribution in [2.45, 2.75) is 27.2 Å². The number of nitrogens with zero attached hydrogens (tertiary/aromatic N) is 2. The summed E-state index contributed by atoms with van der Waals surface area (Å²) >= 11 is 0. The normalized spacial score (nSPS) is 10.7. The molecule has 2 aromatic rings. The van der Waals surface area contributed by atoms with Crippen LogP contribution in [0.15, 0.2) is 24.3 Å². The van der Waals surface area contributed by atoms with E-state index < -0.39 is 0 Å². The molecule has 18 heavy (non-hydrogen) atoms. The van der Waals surface area contributed by atoms with Crippen LogP contribution in [0.2, 0.25) is 0 Å². The Morgan fingerprint density at radius 1 is 0.889 bits per heavy atom. The van der Waals surface area contributed by atoms with Crippen molar-refractivity contribution in [3.05, 3.63) is 46.9 Å². The van der Waals surface area contributed by atoms with Crippen molar-refractivity contribution in [3.63, 3.8) is 0 Å². The molecule has 0 aliphatic heterocycles. The second-order valence-electron chi connectivity index (χ2n) is 4.56. The first-order valence-electron chi connectivity index (χ1n) is 6.23. The van der Waals surface area contributed by atoms with Gasteiger partial charge in [0.1, 0.15) is 0 Å². The lowest BCUT2D eigenvalue weighted by Crippen LogP contribution is -2.02. The quantitative estimate of drug-likeness (QED) is 0.898. The molecule has 0 atom stereocenters. The number of nitrogens with two attached hydrogens (primary N) is 1. The van der Waals surface area contributed by atoms with E-state index in [9.17, 15) is 0 Å². The molecule has 0 unspecified atom stereocenters. The lowest BCUT2D eigenvalue weighted by Gasteiger charge is -2.08. The highest BCUT2D eigenvalue weighted by Gasteiger charge is 2.07. The van der Waals surface area contributed by atoms with Crippen molar-refractivity contribution in [3.8, 4) is 11.3 Å². The number of rotatable bonds is 3. The Morgan fingerprint density at radius 2 is 1.50 bits per heavy atom. The Morgan fingerprint density at radius 3 is 2.11 bits per heavy atom. The zero-order valence-electron chi connectivity index (χ0n) is 11.2. The average Bonchev–Trinajstić information content (AvgIpc) is 2.35. The molecule has 2 rings (SSSR count). The lowest BCUT2D eigenvalue weighted by molar-refractivity contribution is 0.968. The van der Waals surface area contributed by atoms with Gasteiger partial charge in [-0.05, 0) is 39.3 Å². The minimum absolute atomic E-state index is 0.682. The summed E-state index contributed by atoms with van der Waals surface area (Å²) < 4.78 is 0. The molecule has 1 aromatic heterocycles. The summed E-state index contributed by atoms with van der Waals surface area (Å²) in [6, 6.07) is 8.41. The molecule has 0 aliphatic carbocycles. The number of hydrogen-bond donors (Lipinski definition) is 1. The standard InChI is InChI=1S/C15H19N3/c1-10-11(2)18-15(12(3)17-10)14-6-4-13(5-7-14)8-9-16/h4-7H,8-9,16H2,1-3H3. The van der Waals surface area contributed by atoms with Crippen molar-refractivity contribution in [2.24, 2.45) is 5.73 Å². The summed E-state index contributed by atoms with van der Waals surface area (Å²) in [6.07, 6.45) is 0.915. The van der Waals surface area contributed by atoms with Crippen LogP contribution >= 0.6 is 0 Å². The molecule has 0 radical (unpaired) electrons. The molecule has 3 heteroatoms. The van der Waals surface area contributed by atoms with Gasteiger partial charge in [0.05, 0.1) is 22.8 Å². The summed E-state index contributed by atoms with van der Waals surface area (Å²) in [5.74, 6) is 0. The fourth-order valence-corrected chi connectivity index (χ4v) is 1.98. The van der Waals surface area contributed by atoms with Gasteiger partial charge in [0.2, 0.25) is 0 Å². The third-order valence-electron chi connectivity index (χ3n) is 3.14. The largest absolute Gasteiger partial charge is 0.330 e. The lowest BCUT2D eigenvalue weighted by atomic mass is 10.1. The molecule has 0 aliphatic rings. The summed E-state index contributed by atoms with van der Waals surface area (Å²) in [7, 11) is 0. The Kier molecular flexibility index (Phi) is 3.72. The first-order chi connectivity index (χ1) is 8.61. The molecular weight excluding hydrogens is 222 g/mol. The van der Waals surface area contributed by atoms with E-state index in [2.05, 4.69) is 34.2 Å². The zero-order chi connectivity index (χ0) is 13.1. The Bertz CT molecular complexity index is 544. The van der Waals surface area contributed by atoms with Crippen molar-refractivity contribution in [1.29, 1.82) is 0 Å². The van der Waals surface area contributed by atoms with E-state index in [1.165, 1.54) is 5.56 Å². The van der Waals surface area contributed by atoms with Crippen LogP contribution in [0, 0.1) is 20.8 Å². The maximum Gasteiger partial charge on any atom is 0.0917 e. The molecule has 94 valence electrons. The molecule has 0 amide bonds. The van der Waals surface area contributed by atoms with Gasteiger partial charge >= 0.3 is 0 Å². The van der Waals surface area contributed by atoms with Crippen LogP contribution in [0.5, 0.6) is 0 Å². The van der Waals surface area contributed by atoms with Gasteiger partial charge in [0, 0.05) is 5.56 Å². The van der Waals surface area contributed by atoms with Gasteiger partial charge < -0.3 is 5.73 Å². The monoisotopic (exact) mass is 241 g/mol. The van der Waals surface area contributed by atoms with Gasteiger partial charge in [-0.15, -0.1) is 0 Å². The van der Waals surface area contributed by atoms with E-state index in [-0.39, 0.29) is 0 Å². The van der Waals surface area contributed by atoms with Gasteiger partial charge in [-0.2, -0.15) is 0 Å². The molecule has 1 aromatic carbocycles. The van der Waals surface area contributed by atoms with Crippen molar-refractivity contribution in [2.75, 3.05) is 6.54 Å². The van der Waals surface area contributed by atoms with Gasteiger partial charge in [-0.1, -0.05) is 24.3 Å². The smallest absolute Gasteiger partial charge is 0.0917 e. The summed E-state index contributed by atoms with van der Waals surface area (Å²) in [5, 5.41) is 0. The molecule has 0 bridgehead atoms. The Balaban J connectivity index is 2.39. The first-order valence-corrected chi connectivity index (χ1v) is 6.23. The second kappa shape index (κ2) is 5.27. The van der Waals surface area contributed by atoms with E-state index in [1.807, 2.05) is 20.8 Å². The van der Waals surface area contributed by atoms with Crippen LogP contribution in [0.3, 0.4) is 0 Å². The van der Waals surface area contributed by atoms with E-state index in [1.54, 1.807) is 0 Å². The predicted molar refractivity (Wildman–Crippen MR) is 74.4 cm³/mol. The summed E-state index contributed by atoms with van der Waals surface area (Å²) in [6.45, 7) is 6.67. The van der Waals surface area contributed by atoms with Crippen LogP contribution in [0.4, 0.5) is 0 Å². The van der Waals surface area contributed by atoms with Gasteiger partial charge in [0.25, 0.3) is 0 Å². The minimum atomic E-state index is 0.682. The molecule has 0 saturated heterocycles. The maximum atomic E-state index is 5.55. The summed E-state index contributed by atoms with van der Waals surface area (Å²) in [5.41, 5.74) is 11.9. The van der Waals surface area contributed by atoms with E-state index in [0.29, 0.717) is 6.54 Å². The van der Waals surface area contributed by atoms with Crippen LogP contribution < -0.4 is 5.73 Å². The highest BCUT2D eigenvalue weighted by atomic mass is 14.8. The molecular formula is C15H19N3. The van der Waals surface area contributed by atoms with Crippen molar-refractivity contribution in [1.82, 2.24) is 9.97 Å². The van der Waals surface area contributed by atoms with Crippen LogP contribution in [-0.4, -0.2) is 16.5 Å². The van der Waals surface area contributed by atoms with Gasteiger partial charge in [-0.3, -0.25) is 4.98 Å². The van der Waals surface area contributed by atoms with Crippen LogP contribution in [0.1, 0.15) is 22.6 Å². The SMILES string of the molecule is Cc1nc(C)c(-c2ccc(CCN)cc2)nc1C. The summed E-state index contributed by atoms with van der Waals surface area (Å²) in [4.78, 5) is 9.16. The van der Waals surface area contributed by atoms with Crippen LogP contribution in [-0.2, 0) is 6.42 Å². The average molecular weight is 241 g/mol. The predicted octanol–water partition coefficient (Wildman–Crippen LogP) is 2.57. The molecule has 3 nitrogen and oxygen atoms in total. The Labute approximate surface area is 108 Å². The molecule has 0 fully saturated rings. The molecule has 0 saturated carbocycles. The van der Waals surface area contributed by atoms with E-state index in [0.717, 1.165) is 34.8 Å². The van der Waals surface area contributed by atoms with Crippen LogP contribution in [0.25, 0.3) is 11.3 Å². The third-order valence-corrected chi connectivity index (χ3v) is 3.14. The molecule has 2 N–H and O–H groups in total. The maximum absolute atomic E-state index is 5.55. The van der Waals surface area contributed by atoms with Gasteiger partial charge in [-0.25, -0.2) is 4.98 Å². The fraction of sp³-hybridized carbons (Fsp3) is 0.333. The third kappa shape index (κ3) is 2.57. The number of aromatic nitrogens is 2. The second-order valence-corrected chi connectivity index (χ2v) is 4.56. The van der Waals surface area contributed by atoms with E-state index in [4.69, 9.17) is 5.73 Å². The Hall–Kier alpha value is -1.74. The van der Waals surface area contributed by atoms with Gasteiger partial charge in [0.15, 0.2) is 0 Å². The minimum Gasteiger partial charge on any atom is -0.330 e. The molecule has 0 spiro atoms. The highest BCUT2D eigenvalue weighted by Crippen LogP contribution is 2.21. The molecule has 1 heterocycles. The zero-order valence-corrected chi connectivity index (χ0v) is 11.2. The first kappa shape index (κ1) is 12.7.